The van der Waals surface area contributed by atoms with Crippen LogP contribution in [0.1, 0.15) is 24.6 Å². The number of pyridine rings is 1. The first kappa shape index (κ1) is 21.4. The monoisotopic (exact) mass is 492 g/mol. The van der Waals surface area contributed by atoms with Crippen molar-refractivity contribution in [3.05, 3.63) is 65.2 Å². The molecular weight excluding hydrogens is 471 g/mol. The van der Waals surface area contributed by atoms with E-state index < -0.39 is 0 Å². The topological polar surface area (TPSA) is 79.7 Å². The molecule has 1 saturated heterocycles. The molecule has 0 unspecified atom stereocenters. The minimum absolute atomic E-state index is 0.00484. The number of H-pyrrole nitrogens is 1. The number of fused-ring (bicyclic) bond motifs is 1. The van der Waals surface area contributed by atoms with E-state index in [2.05, 4.69) is 33.4 Å². The van der Waals surface area contributed by atoms with Crippen LogP contribution in [0.25, 0.3) is 33.3 Å². The van der Waals surface area contributed by atoms with Gasteiger partial charge in [0.15, 0.2) is 0 Å². The van der Waals surface area contributed by atoms with Crippen LogP contribution < -0.4 is 0 Å². The van der Waals surface area contributed by atoms with Crippen molar-refractivity contribution in [1.82, 2.24) is 29.9 Å². The predicted molar refractivity (Wildman–Crippen MR) is 133 cm³/mol. The number of nitrogens with zero attached hydrogens (tertiary/aromatic N) is 5. The number of rotatable bonds is 4. The lowest BCUT2D eigenvalue weighted by Crippen LogP contribution is -2.63. The molecule has 1 amide bonds. The second-order valence-corrected chi connectivity index (χ2v) is 10.1. The van der Waals surface area contributed by atoms with E-state index in [4.69, 9.17) is 28.3 Å². The number of likely N-dealkylation sites (tertiary alicyclic amines) is 1. The quantitative estimate of drug-likeness (QED) is 0.384. The molecule has 1 spiro atoms. The maximum absolute atomic E-state index is 11.9. The largest absolute Gasteiger partial charge is 0.338 e. The molecule has 7 nitrogen and oxygen atoms in total. The lowest BCUT2D eigenvalue weighted by Gasteiger charge is -2.58. The molecule has 3 aromatic heterocycles. The average Bonchev–Trinajstić information content (AvgIpc) is 3.38. The molecule has 1 saturated carbocycles. The van der Waals surface area contributed by atoms with Gasteiger partial charge in [-0.3, -0.25) is 19.6 Å². The Hall–Kier alpha value is -3.16. The Kier molecular flexibility index (Phi) is 4.83. The minimum atomic E-state index is 0.00484. The third-order valence-electron chi connectivity index (χ3n) is 7.20. The van der Waals surface area contributed by atoms with Crippen LogP contribution in [0.3, 0.4) is 0 Å². The van der Waals surface area contributed by atoms with Crippen molar-refractivity contribution in [3.63, 3.8) is 0 Å². The summed E-state index contributed by atoms with van der Waals surface area (Å²) in [5.74, 6) is 0.00484. The number of amides is 1. The number of aromatic amines is 1. The molecule has 2 aliphatic rings. The van der Waals surface area contributed by atoms with Gasteiger partial charge in [-0.1, -0.05) is 29.8 Å². The summed E-state index contributed by atoms with van der Waals surface area (Å²) in [6.07, 6.45) is 8.68. The fourth-order valence-electron chi connectivity index (χ4n) is 5.58. The minimum Gasteiger partial charge on any atom is -0.338 e. The molecule has 6 rings (SSSR count). The Labute approximate surface area is 206 Å². The van der Waals surface area contributed by atoms with E-state index >= 15 is 0 Å². The Morgan fingerprint density at radius 2 is 2.06 bits per heavy atom. The summed E-state index contributed by atoms with van der Waals surface area (Å²) in [4.78, 5) is 18.1. The summed E-state index contributed by atoms with van der Waals surface area (Å²) in [6.45, 7) is 7.24. The van der Waals surface area contributed by atoms with E-state index in [1.54, 1.807) is 18.5 Å². The number of nitrogens with one attached hydrogen (secondary N) is 1. The average molecular weight is 493 g/mol. The normalized spacial score (nSPS) is 17.1. The number of carbonyl (C=O) groups excluding carboxylic acids is 1. The zero-order valence-electron chi connectivity index (χ0n) is 18.6. The van der Waals surface area contributed by atoms with Gasteiger partial charge in [0.25, 0.3) is 0 Å². The highest BCUT2D eigenvalue weighted by Crippen LogP contribution is 2.55. The third kappa shape index (κ3) is 3.11. The lowest BCUT2D eigenvalue weighted by atomic mass is 9.60. The van der Waals surface area contributed by atoms with Gasteiger partial charge in [-0.25, -0.2) is 0 Å². The molecule has 0 radical (unpaired) electrons. The molecule has 1 aliphatic carbocycles. The van der Waals surface area contributed by atoms with Gasteiger partial charge in [0.05, 0.1) is 27.8 Å². The zero-order valence-corrected chi connectivity index (χ0v) is 20.1. The number of hydrogen-bond acceptors (Lipinski definition) is 4. The van der Waals surface area contributed by atoms with E-state index in [-0.39, 0.29) is 17.4 Å². The molecule has 1 aromatic carbocycles. The molecule has 34 heavy (non-hydrogen) atoms. The van der Waals surface area contributed by atoms with Gasteiger partial charge in [-0.2, -0.15) is 10.2 Å². The molecule has 2 fully saturated rings. The standard InChI is InChI=1S/C25H22Cl2N6O/c1-3-20(34)32-12-25(13-32)8-16(9-25)33-14(2)21(24(31-33)15-5-4-6-28-10-15)22-17-11-29-30-19(17)7-18(26)23(22)27/h3-7,10-11,16H,1,8-9,12-13H2,2H3,(H,29,30). The van der Waals surface area contributed by atoms with Crippen LogP contribution in [0.4, 0.5) is 0 Å². The summed E-state index contributed by atoms with van der Waals surface area (Å²) in [7, 11) is 0. The fourth-order valence-corrected chi connectivity index (χ4v) is 6.03. The highest BCUT2D eigenvalue weighted by atomic mass is 35.5. The van der Waals surface area contributed by atoms with Gasteiger partial charge in [0, 0.05) is 58.7 Å². The van der Waals surface area contributed by atoms with Crippen molar-refractivity contribution >= 4 is 40.0 Å². The van der Waals surface area contributed by atoms with Gasteiger partial charge in [0.2, 0.25) is 5.91 Å². The second-order valence-electron chi connectivity index (χ2n) is 9.33. The Bertz CT molecular complexity index is 1440. The number of hydrogen-bond donors (Lipinski definition) is 1. The first-order chi connectivity index (χ1) is 16.4. The van der Waals surface area contributed by atoms with Crippen LogP contribution in [0.2, 0.25) is 10.0 Å². The second kappa shape index (κ2) is 7.68. The van der Waals surface area contributed by atoms with Crippen molar-refractivity contribution in [2.24, 2.45) is 5.41 Å². The zero-order chi connectivity index (χ0) is 23.6. The maximum Gasteiger partial charge on any atom is 0.245 e. The number of halogens is 2. The Balaban J connectivity index is 1.44. The summed E-state index contributed by atoms with van der Waals surface area (Å²) >= 11 is 13.3. The van der Waals surface area contributed by atoms with Gasteiger partial charge < -0.3 is 4.90 Å². The molecule has 0 atom stereocenters. The SMILES string of the molecule is C=CC(=O)N1CC2(CC(n3nc(-c4cccnc4)c(-c4c(Cl)c(Cl)cc5[nH]ncc45)c3C)C2)C1. The molecule has 9 heteroatoms. The maximum atomic E-state index is 11.9. The Morgan fingerprint density at radius 1 is 1.26 bits per heavy atom. The van der Waals surface area contributed by atoms with E-state index in [1.807, 2.05) is 23.2 Å². The van der Waals surface area contributed by atoms with Gasteiger partial charge in [-0.15, -0.1) is 0 Å². The number of carbonyl (C=O) groups is 1. The summed E-state index contributed by atoms with van der Waals surface area (Å²) < 4.78 is 2.12. The lowest BCUT2D eigenvalue weighted by molar-refractivity contribution is -0.149. The molecule has 4 aromatic rings. The van der Waals surface area contributed by atoms with Gasteiger partial charge in [-0.05, 0) is 44.0 Å². The first-order valence-electron chi connectivity index (χ1n) is 11.1. The summed E-state index contributed by atoms with van der Waals surface area (Å²) in [6, 6.07) is 5.95. The highest BCUT2D eigenvalue weighted by Gasteiger charge is 2.54. The van der Waals surface area contributed by atoms with E-state index in [9.17, 15) is 4.79 Å². The third-order valence-corrected chi connectivity index (χ3v) is 7.98. The van der Waals surface area contributed by atoms with Gasteiger partial charge in [0.1, 0.15) is 5.69 Å². The molecule has 0 bridgehead atoms. The predicted octanol–water partition coefficient (Wildman–Crippen LogP) is 5.45. The van der Waals surface area contributed by atoms with Crippen LogP contribution in [-0.4, -0.2) is 48.9 Å². The smallest absolute Gasteiger partial charge is 0.245 e. The molecule has 1 N–H and O–H groups in total. The van der Waals surface area contributed by atoms with E-state index in [1.165, 1.54) is 6.08 Å². The molecular formula is C25H22Cl2N6O. The van der Waals surface area contributed by atoms with Crippen molar-refractivity contribution in [3.8, 4) is 22.4 Å². The highest BCUT2D eigenvalue weighted by molar-refractivity contribution is 6.45. The molecule has 1 aliphatic heterocycles. The van der Waals surface area contributed by atoms with Crippen LogP contribution in [-0.2, 0) is 4.79 Å². The number of benzene rings is 1. The van der Waals surface area contributed by atoms with Crippen LogP contribution in [0.15, 0.2) is 49.4 Å². The molecule has 172 valence electrons. The summed E-state index contributed by atoms with van der Waals surface area (Å²) in [5.41, 5.74) is 5.50. The van der Waals surface area contributed by atoms with Gasteiger partial charge >= 0.3 is 0 Å². The Morgan fingerprint density at radius 3 is 2.76 bits per heavy atom. The fraction of sp³-hybridized carbons (Fsp3) is 0.280. The van der Waals surface area contributed by atoms with Crippen molar-refractivity contribution in [2.75, 3.05) is 13.1 Å². The van der Waals surface area contributed by atoms with Crippen molar-refractivity contribution < 1.29 is 4.79 Å². The van der Waals surface area contributed by atoms with E-state index in [0.717, 1.165) is 64.9 Å². The molecule has 4 heterocycles. The first-order valence-corrected chi connectivity index (χ1v) is 11.9. The van der Waals surface area contributed by atoms with Crippen molar-refractivity contribution in [1.29, 1.82) is 0 Å². The summed E-state index contributed by atoms with van der Waals surface area (Å²) in [5, 5.41) is 14.1. The number of aromatic nitrogens is 5. The van der Waals surface area contributed by atoms with Crippen LogP contribution in [0.5, 0.6) is 0 Å². The van der Waals surface area contributed by atoms with Crippen molar-refractivity contribution in [2.45, 2.75) is 25.8 Å². The van der Waals surface area contributed by atoms with Crippen LogP contribution in [0, 0.1) is 12.3 Å². The van der Waals surface area contributed by atoms with Crippen LogP contribution >= 0.6 is 23.2 Å². The van der Waals surface area contributed by atoms with E-state index in [0.29, 0.717) is 10.0 Å².